The lowest BCUT2D eigenvalue weighted by atomic mass is 10.3. The van der Waals surface area contributed by atoms with E-state index in [9.17, 15) is 9.59 Å². The number of thioether (sulfide) groups is 1. The van der Waals surface area contributed by atoms with Gasteiger partial charge in [0.1, 0.15) is 11.5 Å². The van der Waals surface area contributed by atoms with Crippen LogP contribution in [-0.2, 0) is 14.3 Å². The summed E-state index contributed by atoms with van der Waals surface area (Å²) in [4.78, 5) is 24.5. The monoisotopic (exact) mass is 361 g/mol. The third-order valence-corrected chi connectivity index (χ3v) is 3.96. The standard InChI is InChI=1S/C18H19NO5S/c1-22-13-7-9-14(10-8-13)23-12-18(21)24-11-17(20)19-15-5-3-4-6-16(15)25-2/h3-10H,11-12H2,1-2H3,(H,19,20). The largest absolute Gasteiger partial charge is 0.497 e. The van der Waals surface area contributed by atoms with Crippen LogP contribution in [0.4, 0.5) is 5.69 Å². The average Bonchev–Trinajstić information content (AvgIpc) is 2.65. The zero-order valence-corrected chi connectivity index (χ0v) is 14.8. The molecule has 6 nitrogen and oxygen atoms in total. The summed E-state index contributed by atoms with van der Waals surface area (Å²) in [6.45, 7) is -0.644. The zero-order valence-electron chi connectivity index (χ0n) is 14.0. The van der Waals surface area contributed by atoms with Gasteiger partial charge in [-0.05, 0) is 42.7 Å². The van der Waals surface area contributed by atoms with Crippen LogP contribution in [0.2, 0.25) is 0 Å². The highest BCUT2D eigenvalue weighted by atomic mass is 32.2. The van der Waals surface area contributed by atoms with Gasteiger partial charge in [-0.1, -0.05) is 12.1 Å². The van der Waals surface area contributed by atoms with Crippen molar-refractivity contribution < 1.29 is 23.8 Å². The highest BCUT2D eigenvalue weighted by Crippen LogP contribution is 2.24. The number of benzene rings is 2. The molecule has 0 aromatic heterocycles. The molecule has 2 aromatic carbocycles. The second-order valence-electron chi connectivity index (χ2n) is 4.87. The maximum atomic E-state index is 11.9. The Balaban J connectivity index is 1.74. The summed E-state index contributed by atoms with van der Waals surface area (Å²) in [6, 6.07) is 14.2. The number of hydrogen-bond donors (Lipinski definition) is 1. The highest BCUT2D eigenvalue weighted by molar-refractivity contribution is 7.98. The molecule has 0 saturated heterocycles. The summed E-state index contributed by atoms with van der Waals surface area (Å²) >= 11 is 1.52. The number of amides is 1. The van der Waals surface area contributed by atoms with Crippen LogP contribution in [0.5, 0.6) is 11.5 Å². The van der Waals surface area contributed by atoms with Crippen molar-refractivity contribution in [3.05, 3.63) is 48.5 Å². The van der Waals surface area contributed by atoms with Crippen LogP contribution in [0.3, 0.4) is 0 Å². The molecule has 0 heterocycles. The van der Waals surface area contributed by atoms with E-state index in [1.165, 1.54) is 11.8 Å². The van der Waals surface area contributed by atoms with Gasteiger partial charge >= 0.3 is 5.97 Å². The van der Waals surface area contributed by atoms with E-state index >= 15 is 0 Å². The predicted octanol–water partition coefficient (Wildman–Crippen LogP) is 2.98. The van der Waals surface area contributed by atoms with E-state index in [0.717, 1.165) is 4.90 Å². The minimum absolute atomic E-state index is 0.277. The predicted molar refractivity (Wildman–Crippen MR) is 96.3 cm³/mol. The molecule has 0 atom stereocenters. The van der Waals surface area contributed by atoms with E-state index in [0.29, 0.717) is 17.2 Å². The number of ether oxygens (including phenoxy) is 3. The van der Waals surface area contributed by atoms with Crippen LogP contribution in [0.1, 0.15) is 0 Å². The summed E-state index contributed by atoms with van der Waals surface area (Å²) in [6.07, 6.45) is 1.92. The fourth-order valence-corrected chi connectivity index (χ4v) is 2.49. The topological polar surface area (TPSA) is 73.9 Å². The van der Waals surface area contributed by atoms with Gasteiger partial charge in [0, 0.05) is 4.90 Å². The Labute approximate surface area is 150 Å². The van der Waals surface area contributed by atoms with Crippen molar-refractivity contribution >= 4 is 29.3 Å². The Morgan fingerprint density at radius 3 is 2.36 bits per heavy atom. The number of methoxy groups -OCH3 is 1. The smallest absolute Gasteiger partial charge is 0.344 e. The molecule has 1 N–H and O–H groups in total. The first-order valence-electron chi connectivity index (χ1n) is 7.47. The molecular weight excluding hydrogens is 342 g/mol. The van der Waals surface area contributed by atoms with Gasteiger partial charge in [0.15, 0.2) is 13.2 Å². The van der Waals surface area contributed by atoms with E-state index in [4.69, 9.17) is 14.2 Å². The minimum atomic E-state index is -0.621. The molecule has 25 heavy (non-hydrogen) atoms. The van der Waals surface area contributed by atoms with Crippen molar-refractivity contribution in [2.45, 2.75) is 4.90 Å². The number of rotatable bonds is 8. The van der Waals surface area contributed by atoms with Crippen molar-refractivity contribution in [3.8, 4) is 11.5 Å². The quantitative estimate of drug-likeness (QED) is 0.576. The number of carbonyl (C=O) groups is 2. The molecule has 0 aliphatic carbocycles. The van der Waals surface area contributed by atoms with E-state index in [-0.39, 0.29) is 13.2 Å². The van der Waals surface area contributed by atoms with Gasteiger partial charge in [-0.2, -0.15) is 0 Å². The van der Waals surface area contributed by atoms with Crippen molar-refractivity contribution in [2.24, 2.45) is 0 Å². The lowest BCUT2D eigenvalue weighted by Crippen LogP contribution is -2.23. The first-order chi connectivity index (χ1) is 12.1. The van der Waals surface area contributed by atoms with E-state index in [2.05, 4.69) is 5.32 Å². The first-order valence-corrected chi connectivity index (χ1v) is 8.70. The number of esters is 1. The second kappa shape index (κ2) is 9.58. The number of hydrogen-bond acceptors (Lipinski definition) is 6. The zero-order chi connectivity index (χ0) is 18.1. The van der Waals surface area contributed by atoms with E-state index in [1.807, 2.05) is 24.5 Å². The molecule has 0 saturated carbocycles. The number of nitrogens with one attached hydrogen (secondary N) is 1. The molecule has 0 aliphatic heterocycles. The Bertz CT molecular complexity index is 718. The molecule has 0 fully saturated rings. The SMILES string of the molecule is COc1ccc(OCC(=O)OCC(=O)Nc2ccccc2SC)cc1. The van der Waals surface area contributed by atoms with Crippen molar-refractivity contribution in [1.82, 2.24) is 0 Å². The Morgan fingerprint density at radius 1 is 1.00 bits per heavy atom. The van der Waals surface area contributed by atoms with Crippen LogP contribution < -0.4 is 14.8 Å². The van der Waals surface area contributed by atoms with Crippen LogP contribution in [-0.4, -0.2) is 38.5 Å². The molecular formula is C18H19NO5S. The molecule has 0 spiro atoms. The maximum Gasteiger partial charge on any atom is 0.344 e. The van der Waals surface area contributed by atoms with E-state index in [1.54, 1.807) is 37.4 Å². The Hall–Kier alpha value is -2.67. The van der Waals surface area contributed by atoms with Crippen molar-refractivity contribution in [1.29, 1.82) is 0 Å². The van der Waals surface area contributed by atoms with Crippen LogP contribution >= 0.6 is 11.8 Å². The van der Waals surface area contributed by atoms with Crippen LogP contribution in [0, 0.1) is 0 Å². The fraction of sp³-hybridized carbons (Fsp3) is 0.222. The molecule has 2 rings (SSSR count). The normalized spacial score (nSPS) is 10.0. The molecule has 132 valence electrons. The van der Waals surface area contributed by atoms with Gasteiger partial charge in [0.2, 0.25) is 0 Å². The second-order valence-corrected chi connectivity index (χ2v) is 5.72. The molecule has 0 unspecified atom stereocenters. The van der Waals surface area contributed by atoms with Gasteiger partial charge in [-0.15, -0.1) is 11.8 Å². The van der Waals surface area contributed by atoms with Crippen molar-refractivity contribution in [2.75, 3.05) is 31.9 Å². The third-order valence-electron chi connectivity index (χ3n) is 3.16. The lowest BCUT2D eigenvalue weighted by Gasteiger charge is -2.10. The Morgan fingerprint density at radius 2 is 1.68 bits per heavy atom. The molecule has 2 aromatic rings. The molecule has 0 aliphatic rings. The van der Waals surface area contributed by atoms with Crippen LogP contribution in [0.15, 0.2) is 53.4 Å². The van der Waals surface area contributed by atoms with Gasteiger partial charge in [0.25, 0.3) is 5.91 Å². The molecule has 7 heteroatoms. The number of para-hydroxylation sites is 1. The molecule has 1 amide bonds. The third kappa shape index (κ3) is 6.04. The van der Waals surface area contributed by atoms with Crippen LogP contribution in [0.25, 0.3) is 0 Å². The van der Waals surface area contributed by atoms with Gasteiger partial charge in [-0.25, -0.2) is 4.79 Å². The molecule has 0 bridgehead atoms. The number of carbonyl (C=O) groups excluding carboxylic acids is 2. The minimum Gasteiger partial charge on any atom is -0.497 e. The van der Waals surface area contributed by atoms with E-state index < -0.39 is 11.9 Å². The summed E-state index contributed by atoms with van der Waals surface area (Å²) in [7, 11) is 1.57. The fourth-order valence-electron chi connectivity index (χ4n) is 1.94. The summed E-state index contributed by atoms with van der Waals surface area (Å²) in [5.74, 6) is 0.177. The maximum absolute atomic E-state index is 11.9. The summed E-state index contributed by atoms with van der Waals surface area (Å²) < 4.78 is 15.2. The van der Waals surface area contributed by atoms with Gasteiger partial charge < -0.3 is 19.5 Å². The Kier molecular flexibility index (Phi) is 7.16. The summed E-state index contributed by atoms with van der Waals surface area (Å²) in [5, 5.41) is 2.71. The van der Waals surface area contributed by atoms with Gasteiger partial charge in [0.05, 0.1) is 12.8 Å². The van der Waals surface area contributed by atoms with Crippen molar-refractivity contribution in [3.63, 3.8) is 0 Å². The summed E-state index contributed by atoms with van der Waals surface area (Å²) in [5.41, 5.74) is 0.686. The lowest BCUT2D eigenvalue weighted by molar-refractivity contribution is -0.149. The van der Waals surface area contributed by atoms with Gasteiger partial charge in [-0.3, -0.25) is 4.79 Å². The molecule has 0 radical (unpaired) electrons. The number of anilines is 1. The average molecular weight is 361 g/mol. The highest BCUT2D eigenvalue weighted by Gasteiger charge is 2.10. The first kappa shape index (κ1) is 18.7.